The highest BCUT2D eigenvalue weighted by Gasteiger charge is 2.56. The van der Waals surface area contributed by atoms with Crippen LogP contribution in [-0.4, -0.2) is 22.0 Å². The smallest absolute Gasteiger partial charge is 0.311 e. The summed E-state index contributed by atoms with van der Waals surface area (Å²) in [6, 6.07) is 11.9. The number of H-pyrrole nitrogens is 1. The second-order valence-corrected chi connectivity index (χ2v) is 7.40. The lowest BCUT2D eigenvalue weighted by molar-refractivity contribution is -0.137. The van der Waals surface area contributed by atoms with Crippen LogP contribution >= 0.6 is 0 Å². The molecule has 0 unspecified atom stereocenters. The van der Waals surface area contributed by atoms with Gasteiger partial charge in [-0.2, -0.15) is 18.3 Å². The van der Waals surface area contributed by atoms with Gasteiger partial charge in [0.25, 0.3) is 0 Å². The summed E-state index contributed by atoms with van der Waals surface area (Å²) in [6.07, 6.45) is -3.07. The number of nitrogens with zero attached hydrogens (tertiary/aromatic N) is 2. The van der Waals surface area contributed by atoms with Crippen molar-refractivity contribution >= 4 is 23.3 Å². The maximum Gasteiger partial charge on any atom is 0.416 e. The van der Waals surface area contributed by atoms with Crippen LogP contribution < -0.4 is 10.2 Å². The van der Waals surface area contributed by atoms with E-state index in [9.17, 15) is 22.8 Å². The fraction of sp³-hybridized carbons (Fsp3) is 0.190. The Labute approximate surface area is 168 Å². The lowest BCUT2D eigenvalue weighted by atomic mass is 9.72. The molecule has 5 rings (SSSR count). The number of aromatic amines is 1. The Morgan fingerprint density at radius 3 is 2.67 bits per heavy atom. The van der Waals surface area contributed by atoms with Crippen molar-refractivity contribution in [2.24, 2.45) is 0 Å². The van der Waals surface area contributed by atoms with Crippen molar-refractivity contribution in [3.8, 4) is 0 Å². The summed E-state index contributed by atoms with van der Waals surface area (Å²) in [7, 11) is 0. The Balaban J connectivity index is 1.62. The number of para-hydroxylation sites is 1. The lowest BCUT2D eigenvalue weighted by Gasteiger charge is -2.31. The number of carbonyl (C=O) groups excluding carboxylic acids is 2. The van der Waals surface area contributed by atoms with E-state index in [0.717, 1.165) is 12.1 Å². The molecule has 1 atom stereocenters. The van der Waals surface area contributed by atoms with Crippen LogP contribution in [0, 0.1) is 0 Å². The number of aromatic nitrogens is 2. The summed E-state index contributed by atoms with van der Waals surface area (Å²) in [5, 5.41) is 9.36. The van der Waals surface area contributed by atoms with Crippen LogP contribution in [0.3, 0.4) is 0 Å². The van der Waals surface area contributed by atoms with Gasteiger partial charge in [0.15, 0.2) is 0 Å². The van der Waals surface area contributed by atoms with Gasteiger partial charge in [0.1, 0.15) is 11.2 Å². The van der Waals surface area contributed by atoms with Gasteiger partial charge in [0.2, 0.25) is 11.8 Å². The molecule has 30 heavy (non-hydrogen) atoms. The van der Waals surface area contributed by atoms with Crippen LogP contribution in [0.15, 0.2) is 54.7 Å². The first-order valence-corrected chi connectivity index (χ1v) is 9.22. The molecule has 0 bridgehead atoms. The standard InChI is InChI=1S/C21H15F3N4O2/c22-21(23,24)13-5-3-4-12(8-13)11-28-16-7-2-1-6-14(16)20(19(28)30)9-17(29)26-18-15(20)10-25-27-18/h1-8,10H,9,11H2,(H2,25,26,27,29)/t20-/m0/s1. The Bertz CT molecular complexity index is 1190. The number of amides is 2. The zero-order chi connectivity index (χ0) is 21.1. The highest BCUT2D eigenvalue weighted by Crippen LogP contribution is 2.52. The summed E-state index contributed by atoms with van der Waals surface area (Å²) in [4.78, 5) is 27.6. The van der Waals surface area contributed by atoms with Gasteiger partial charge in [-0.3, -0.25) is 14.7 Å². The molecule has 3 aromatic rings. The van der Waals surface area contributed by atoms with Gasteiger partial charge in [-0.05, 0) is 29.3 Å². The first-order chi connectivity index (χ1) is 14.3. The number of hydrogen-bond acceptors (Lipinski definition) is 3. The molecule has 2 aliphatic heterocycles. The molecule has 0 saturated heterocycles. The summed E-state index contributed by atoms with van der Waals surface area (Å²) >= 11 is 0. The van der Waals surface area contributed by atoms with Crippen molar-refractivity contribution < 1.29 is 22.8 Å². The van der Waals surface area contributed by atoms with Gasteiger partial charge in [-0.25, -0.2) is 0 Å². The summed E-state index contributed by atoms with van der Waals surface area (Å²) in [5.74, 6) is -0.343. The summed E-state index contributed by atoms with van der Waals surface area (Å²) in [5.41, 5.74) is 0.0666. The maximum absolute atomic E-state index is 13.7. The molecule has 2 N–H and O–H groups in total. The van der Waals surface area contributed by atoms with E-state index in [0.29, 0.717) is 28.2 Å². The minimum atomic E-state index is -4.47. The number of benzene rings is 2. The van der Waals surface area contributed by atoms with Gasteiger partial charge in [-0.15, -0.1) is 0 Å². The fourth-order valence-electron chi connectivity index (χ4n) is 4.37. The number of fused-ring (bicyclic) bond motifs is 4. The third kappa shape index (κ3) is 2.54. The average Bonchev–Trinajstić information content (AvgIpc) is 3.26. The highest BCUT2D eigenvalue weighted by molar-refractivity contribution is 6.15. The average molecular weight is 412 g/mol. The maximum atomic E-state index is 13.7. The fourth-order valence-corrected chi connectivity index (χ4v) is 4.37. The van der Waals surface area contributed by atoms with E-state index in [1.54, 1.807) is 30.3 Å². The minimum Gasteiger partial charge on any atom is -0.311 e. The van der Waals surface area contributed by atoms with Crippen LogP contribution in [0.25, 0.3) is 0 Å². The molecule has 152 valence electrons. The van der Waals surface area contributed by atoms with Crippen LogP contribution in [-0.2, 0) is 27.7 Å². The van der Waals surface area contributed by atoms with Crippen LogP contribution in [0.2, 0.25) is 0 Å². The third-order valence-corrected chi connectivity index (χ3v) is 5.65. The molecule has 2 aromatic carbocycles. The predicted octanol–water partition coefficient (Wildman–Crippen LogP) is 3.60. The van der Waals surface area contributed by atoms with E-state index in [-0.39, 0.29) is 24.8 Å². The quantitative estimate of drug-likeness (QED) is 0.675. The Hall–Kier alpha value is -3.62. The van der Waals surface area contributed by atoms with E-state index in [1.807, 2.05) is 0 Å². The largest absolute Gasteiger partial charge is 0.416 e. The topological polar surface area (TPSA) is 78.1 Å². The van der Waals surface area contributed by atoms with E-state index < -0.39 is 17.2 Å². The number of nitrogens with one attached hydrogen (secondary N) is 2. The molecular weight excluding hydrogens is 397 g/mol. The first kappa shape index (κ1) is 18.4. The molecule has 6 nitrogen and oxygen atoms in total. The van der Waals surface area contributed by atoms with Gasteiger partial charge < -0.3 is 10.2 Å². The normalized spacial score (nSPS) is 20.3. The van der Waals surface area contributed by atoms with Gasteiger partial charge >= 0.3 is 6.18 Å². The Kier molecular flexibility index (Phi) is 3.80. The SMILES string of the molecule is O=C1C[C@@]2(C(=O)N(Cc3cccc(C(F)(F)F)c3)c3ccccc32)c2cn[nH]c2N1. The van der Waals surface area contributed by atoms with E-state index >= 15 is 0 Å². The predicted molar refractivity (Wildman–Crippen MR) is 102 cm³/mol. The first-order valence-electron chi connectivity index (χ1n) is 9.22. The molecule has 1 aromatic heterocycles. The van der Waals surface area contributed by atoms with Crippen LogP contribution in [0.5, 0.6) is 0 Å². The molecule has 9 heteroatoms. The second kappa shape index (κ2) is 6.19. The molecule has 2 aliphatic rings. The van der Waals surface area contributed by atoms with E-state index in [2.05, 4.69) is 15.5 Å². The summed E-state index contributed by atoms with van der Waals surface area (Å²) in [6.45, 7) is -0.0453. The number of alkyl halides is 3. The zero-order valence-corrected chi connectivity index (χ0v) is 15.5. The van der Waals surface area contributed by atoms with Crippen LogP contribution in [0.4, 0.5) is 24.7 Å². The second-order valence-electron chi connectivity index (χ2n) is 7.40. The molecule has 0 saturated carbocycles. The Morgan fingerprint density at radius 1 is 1.07 bits per heavy atom. The molecular formula is C21H15F3N4O2. The molecule has 0 aliphatic carbocycles. The molecule has 2 amide bonds. The lowest BCUT2D eigenvalue weighted by Crippen LogP contribution is -2.46. The van der Waals surface area contributed by atoms with Crippen molar-refractivity contribution in [2.75, 3.05) is 10.2 Å². The van der Waals surface area contributed by atoms with E-state index in [4.69, 9.17) is 0 Å². The third-order valence-electron chi connectivity index (χ3n) is 5.65. The number of anilines is 2. The van der Waals surface area contributed by atoms with Crippen molar-refractivity contribution in [3.63, 3.8) is 0 Å². The number of halogens is 3. The molecule has 1 spiro atoms. The Morgan fingerprint density at radius 2 is 1.87 bits per heavy atom. The molecule has 3 heterocycles. The van der Waals surface area contributed by atoms with Gasteiger partial charge in [0.05, 0.1) is 18.3 Å². The van der Waals surface area contributed by atoms with Crippen molar-refractivity contribution in [1.29, 1.82) is 0 Å². The van der Waals surface area contributed by atoms with Crippen LogP contribution in [0.1, 0.15) is 28.7 Å². The van der Waals surface area contributed by atoms with Crippen molar-refractivity contribution in [1.82, 2.24) is 10.2 Å². The monoisotopic (exact) mass is 412 g/mol. The van der Waals surface area contributed by atoms with Crippen molar-refractivity contribution in [2.45, 2.75) is 24.6 Å². The zero-order valence-electron chi connectivity index (χ0n) is 15.5. The van der Waals surface area contributed by atoms with Crippen molar-refractivity contribution in [3.05, 3.63) is 77.0 Å². The number of carbonyl (C=O) groups is 2. The molecule has 0 radical (unpaired) electrons. The minimum absolute atomic E-state index is 0.0453. The number of rotatable bonds is 2. The highest BCUT2D eigenvalue weighted by atomic mass is 19.4. The van der Waals surface area contributed by atoms with Gasteiger partial charge in [0, 0.05) is 17.7 Å². The number of hydrogen-bond donors (Lipinski definition) is 2. The molecule has 0 fully saturated rings. The van der Waals surface area contributed by atoms with E-state index in [1.165, 1.54) is 17.2 Å². The van der Waals surface area contributed by atoms with Gasteiger partial charge in [-0.1, -0.05) is 30.3 Å². The summed E-state index contributed by atoms with van der Waals surface area (Å²) < 4.78 is 39.4.